The number of nitrogens with zero attached hydrogens (tertiary/aromatic N) is 1. The van der Waals surface area contributed by atoms with Gasteiger partial charge in [0.25, 0.3) is 11.6 Å². The smallest absolute Gasteiger partial charge is 0.269 e. The van der Waals surface area contributed by atoms with Gasteiger partial charge in [0.15, 0.2) is 9.84 Å². The van der Waals surface area contributed by atoms with Crippen molar-refractivity contribution >= 4 is 45.0 Å². The van der Waals surface area contributed by atoms with Gasteiger partial charge in [0, 0.05) is 17.0 Å². The van der Waals surface area contributed by atoms with Crippen molar-refractivity contribution in [3.05, 3.63) is 86.8 Å². The Bertz CT molecular complexity index is 1430. The number of nitro groups is 1. The lowest BCUT2D eigenvalue weighted by Gasteiger charge is -2.20. The van der Waals surface area contributed by atoms with E-state index in [0.717, 1.165) is 0 Å². The molecule has 1 aliphatic rings. The molecule has 9 nitrogen and oxygen atoms in total. The molecule has 11 heteroatoms. The van der Waals surface area contributed by atoms with Crippen LogP contribution in [0.1, 0.15) is 11.1 Å². The number of thioether (sulfide) groups is 1. The summed E-state index contributed by atoms with van der Waals surface area (Å²) in [6, 6.07) is 15.4. The third kappa shape index (κ3) is 5.15. The summed E-state index contributed by atoms with van der Waals surface area (Å²) >= 11 is 1.19. The highest BCUT2D eigenvalue weighted by Gasteiger charge is 2.26. The van der Waals surface area contributed by atoms with Crippen molar-refractivity contribution in [1.29, 1.82) is 0 Å². The van der Waals surface area contributed by atoms with Crippen molar-refractivity contribution in [3.63, 3.8) is 0 Å². The zero-order valence-corrected chi connectivity index (χ0v) is 20.3. The number of anilines is 1. The Morgan fingerprint density at radius 1 is 1.03 bits per heavy atom. The number of hydrogen-bond donors (Lipinski definition) is 1. The SMILES string of the molecule is COc1cccc(OC)c1CS(=O)(=O)c1ccc2c(c1)NC(=O)/C(=C\c1ccc([N+](=O)[O-])cc1)S2. The Kier molecular flexibility index (Phi) is 6.81. The van der Waals surface area contributed by atoms with Crippen LogP contribution in [0, 0.1) is 10.1 Å². The van der Waals surface area contributed by atoms with Gasteiger partial charge in [0.05, 0.1) is 45.9 Å². The van der Waals surface area contributed by atoms with Gasteiger partial charge in [-0.1, -0.05) is 17.8 Å². The van der Waals surface area contributed by atoms with Crippen molar-refractivity contribution < 1.29 is 27.6 Å². The highest BCUT2D eigenvalue weighted by atomic mass is 32.2. The molecule has 0 bridgehead atoms. The molecule has 4 rings (SSSR count). The number of nitro benzene ring substituents is 1. The standard InChI is InChI=1S/C24H20N2O7S2/c1-32-20-4-3-5-21(33-2)18(20)14-35(30,31)17-10-11-22-19(13-17)25-24(27)23(34-22)12-15-6-8-16(9-7-15)26(28)29/h3-13H,14H2,1-2H3,(H,25,27)/b23-12+. The zero-order valence-electron chi connectivity index (χ0n) is 18.7. The molecule has 0 saturated heterocycles. The average molecular weight is 513 g/mol. The van der Waals surface area contributed by atoms with Crippen LogP contribution in [0.25, 0.3) is 6.08 Å². The van der Waals surface area contributed by atoms with E-state index in [0.29, 0.717) is 38.1 Å². The van der Waals surface area contributed by atoms with Crippen LogP contribution in [0.3, 0.4) is 0 Å². The molecule has 0 spiro atoms. The number of fused-ring (bicyclic) bond motifs is 1. The Hall–Kier alpha value is -3.83. The molecule has 180 valence electrons. The Morgan fingerprint density at radius 2 is 1.69 bits per heavy atom. The summed E-state index contributed by atoms with van der Waals surface area (Å²) in [5.74, 6) is 0.0547. The first kappa shape index (κ1) is 24.3. The van der Waals surface area contributed by atoms with E-state index >= 15 is 0 Å². The van der Waals surface area contributed by atoms with Crippen LogP contribution in [-0.4, -0.2) is 33.5 Å². The number of methoxy groups -OCH3 is 2. The number of ether oxygens (including phenoxy) is 2. The molecule has 0 unspecified atom stereocenters. The Balaban J connectivity index is 1.60. The monoisotopic (exact) mass is 512 g/mol. The second-order valence-electron chi connectivity index (χ2n) is 7.47. The van der Waals surface area contributed by atoms with Crippen LogP contribution < -0.4 is 14.8 Å². The summed E-state index contributed by atoms with van der Waals surface area (Å²) in [6.07, 6.45) is 1.62. The molecule has 35 heavy (non-hydrogen) atoms. The van der Waals surface area contributed by atoms with Crippen molar-refractivity contribution in [2.75, 3.05) is 19.5 Å². The Labute approximate surface area is 205 Å². The quantitative estimate of drug-likeness (QED) is 0.275. The highest BCUT2D eigenvalue weighted by Crippen LogP contribution is 2.41. The van der Waals surface area contributed by atoms with E-state index in [2.05, 4.69) is 5.32 Å². The van der Waals surface area contributed by atoms with E-state index in [9.17, 15) is 23.3 Å². The van der Waals surface area contributed by atoms with Gasteiger partial charge < -0.3 is 14.8 Å². The molecular formula is C24H20N2O7S2. The number of hydrogen-bond acceptors (Lipinski definition) is 8. The second kappa shape index (κ2) is 9.80. The minimum absolute atomic E-state index is 0.0438. The maximum atomic E-state index is 13.2. The maximum Gasteiger partial charge on any atom is 0.269 e. The zero-order chi connectivity index (χ0) is 25.2. The lowest BCUT2D eigenvalue weighted by Crippen LogP contribution is -2.18. The summed E-state index contributed by atoms with van der Waals surface area (Å²) in [4.78, 5) is 24.1. The van der Waals surface area contributed by atoms with Crippen molar-refractivity contribution in [2.24, 2.45) is 0 Å². The minimum atomic E-state index is -3.79. The number of rotatable bonds is 7. The predicted molar refractivity (Wildman–Crippen MR) is 132 cm³/mol. The molecule has 3 aromatic carbocycles. The number of sulfone groups is 1. The van der Waals surface area contributed by atoms with Gasteiger partial charge in [-0.15, -0.1) is 0 Å². The van der Waals surface area contributed by atoms with Crippen LogP contribution in [0.5, 0.6) is 11.5 Å². The topological polar surface area (TPSA) is 125 Å². The minimum Gasteiger partial charge on any atom is -0.496 e. The number of benzene rings is 3. The lowest BCUT2D eigenvalue weighted by molar-refractivity contribution is -0.384. The van der Waals surface area contributed by atoms with Crippen LogP contribution in [0.2, 0.25) is 0 Å². The average Bonchev–Trinajstić information content (AvgIpc) is 2.84. The first-order valence-corrected chi connectivity index (χ1v) is 12.7. The number of amides is 1. The Morgan fingerprint density at radius 3 is 2.29 bits per heavy atom. The first-order chi connectivity index (χ1) is 16.7. The molecule has 1 aliphatic heterocycles. The maximum absolute atomic E-state index is 13.2. The number of nitrogens with one attached hydrogen (secondary N) is 1. The van der Waals surface area contributed by atoms with E-state index in [1.165, 1.54) is 50.2 Å². The summed E-state index contributed by atoms with van der Waals surface area (Å²) in [7, 11) is -0.880. The third-order valence-corrected chi connectivity index (χ3v) is 8.01. The fourth-order valence-corrected chi connectivity index (χ4v) is 5.86. The number of non-ortho nitro benzene ring substituents is 1. The van der Waals surface area contributed by atoms with Gasteiger partial charge in [0.2, 0.25) is 0 Å². The van der Waals surface area contributed by atoms with E-state index in [1.54, 1.807) is 42.5 Å². The van der Waals surface area contributed by atoms with Gasteiger partial charge in [-0.2, -0.15) is 0 Å². The van der Waals surface area contributed by atoms with Gasteiger partial charge >= 0.3 is 0 Å². The molecule has 0 atom stereocenters. The normalized spacial score (nSPS) is 14.2. The predicted octanol–water partition coefficient (Wildman–Crippen LogP) is 4.67. The van der Waals surface area contributed by atoms with Crippen molar-refractivity contribution in [3.8, 4) is 11.5 Å². The molecular weight excluding hydrogens is 492 g/mol. The molecule has 1 N–H and O–H groups in total. The molecule has 0 aromatic heterocycles. The van der Waals surface area contributed by atoms with Gasteiger partial charge in [-0.3, -0.25) is 14.9 Å². The largest absolute Gasteiger partial charge is 0.496 e. The third-order valence-electron chi connectivity index (χ3n) is 5.27. The van der Waals surface area contributed by atoms with E-state index in [-0.39, 0.29) is 16.3 Å². The van der Waals surface area contributed by atoms with Crippen LogP contribution in [0.4, 0.5) is 11.4 Å². The first-order valence-electron chi connectivity index (χ1n) is 10.2. The van der Waals surface area contributed by atoms with Crippen LogP contribution in [0.15, 0.2) is 75.4 Å². The number of carbonyl (C=O) groups is 1. The highest BCUT2D eigenvalue weighted by molar-refractivity contribution is 8.04. The van der Waals surface area contributed by atoms with E-state index in [4.69, 9.17) is 9.47 Å². The fraction of sp³-hybridized carbons (Fsp3) is 0.125. The molecule has 1 amide bonds. The summed E-state index contributed by atoms with van der Waals surface area (Å²) in [6.45, 7) is 0. The summed E-state index contributed by atoms with van der Waals surface area (Å²) in [5.41, 5.74) is 1.37. The molecule has 0 aliphatic carbocycles. The van der Waals surface area contributed by atoms with E-state index in [1.807, 2.05) is 0 Å². The summed E-state index contributed by atoms with van der Waals surface area (Å²) in [5, 5.41) is 13.6. The summed E-state index contributed by atoms with van der Waals surface area (Å²) < 4.78 is 37.0. The van der Waals surface area contributed by atoms with Gasteiger partial charge in [0.1, 0.15) is 11.5 Å². The molecule has 0 radical (unpaired) electrons. The van der Waals surface area contributed by atoms with Crippen molar-refractivity contribution in [1.82, 2.24) is 0 Å². The fourth-order valence-electron chi connectivity index (χ4n) is 3.52. The van der Waals surface area contributed by atoms with E-state index < -0.39 is 20.7 Å². The van der Waals surface area contributed by atoms with Crippen LogP contribution in [-0.2, 0) is 20.4 Å². The molecule has 0 saturated carbocycles. The van der Waals surface area contributed by atoms with Crippen LogP contribution >= 0.6 is 11.8 Å². The molecule has 1 heterocycles. The molecule has 3 aromatic rings. The van der Waals surface area contributed by atoms with Gasteiger partial charge in [-0.25, -0.2) is 8.42 Å². The second-order valence-corrected chi connectivity index (χ2v) is 10.5. The lowest BCUT2D eigenvalue weighted by atomic mass is 10.2. The molecule has 0 fully saturated rings. The van der Waals surface area contributed by atoms with Crippen molar-refractivity contribution in [2.45, 2.75) is 15.5 Å². The number of carbonyl (C=O) groups excluding carboxylic acids is 1. The van der Waals surface area contributed by atoms with Gasteiger partial charge in [-0.05, 0) is 54.1 Å².